The van der Waals surface area contributed by atoms with Gasteiger partial charge in [-0.1, -0.05) is 18.2 Å². The van der Waals surface area contributed by atoms with E-state index in [2.05, 4.69) is 0 Å². The lowest BCUT2D eigenvalue weighted by molar-refractivity contribution is -0.137. The van der Waals surface area contributed by atoms with Gasteiger partial charge in [0.25, 0.3) is 5.91 Å². The third-order valence-electron chi connectivity index (χ3n) is 3.09. The summed E-state index contributed by atoms with van der Waals surface area (Å²) in [7, 11) is 0. The van der Waals surface area contributed by atoms with Crippen molar-refractivity contribution in [3.05, 3.63) is 36.0 Å². The standard InChI is InChI=1S/C14H16N2O3/c15-14(19)11-9-16(8-4-3-7-13(17)18)12-6-2-1-5-10(11)12/h1-2,5-6,9H,3-4,7-8H2,(H2,15,19)(H,17,18). The van der Waals surface area contributed by atoms with Crippen LogP contribution in [-0.2, 0) is 11.3 Å². The van der Waals surface area contributed by atoms with Crippen molar-refractivity contribution in [3.63, 3.8) is 0 Å². The highest BCUT2D eigenvalue weighted by Crippen LogP contribution is 2.21. The molecule has 5 heteroatoms. The first-order valence-electron chi connectivity index (χ1n) is 6.19. The van der Waals surface area contributed by atoms with Gasteiger partial charge < -0.3 is 15.4 Å². The van der Waals surface area contributed by atoms with E-state index in [-0.39, 0.29) is 6.42 Å². The molecule has 3 N–H and O–H groups in total. The number of unbranched alkanes of at least 4 members (excludes halogenated alkanes) is 1. The van der Waals surface area contributed by atoms with Gasteiger partial charge in [-0.05, 0) is 18.9 Å². The zero-order chi connectivity index (χ0) is 13.8. The number of primary amides is 1. The molecule has 2 rings (SSSR count). The lowest BCUT2D eigenvalue weighted by Crippen LogP contribution is -2.10. The molecule has 19 heavy (non-hydrogen) atoms. The van der Waals surface area contributed by atoms with Crippen LogP contribution in [-0.4, -0.2) is 21.6 Å². The number of aryl methyl sites for hydroxylation is 1. The van der Waals surface area contributed by atoms with Crippen LogP contribution < -0.4 is 5.73 Å². The fourth-order valence-electron chi connectivity index (χ4n) is 2.19. The number of rotatable bonds is 6. The lowest BCUT2D eigenvalue weighted by atomic mass is 10.2. The summed E-state index contributed by atoms with van der Waals surface area (Å²) >= 11 is 0. The van der Waals surface area contributed by atoms with Crippen molar-refractivity contribution in [2.24, 2.45) is 5.73 Å². The van der Waals surface area contributed by atoms with E-state index < -0.39 is 11.9 Å². The number of hydrogen-bond acceptors (Lipinski definition) is 2. The number of carboxylic acid groups (broad SMARTS) is 1. The normalized spacial score (nSPS) is 10.7. The van der Waals surface area contributed by atoms with Crippen LogP contribution in [0, 0.1) is 0 Å². The maximum Gasteiger partial charge on any atom is 0.303 e. The van der Waals surface area contributed by atoms with E-state index >= 15 is 0 Å². The Morgan fingerprint density at radius 3 is 2.63 bits per heavy atom. The Morgan fingerprint density at radius 1 is 1.21 bits per heavy atom. The van der Waals surface area contributed by atoms with Crippen molar-refractivity contribution in [1.29, 1.82) is 0 Å². The highest BCUT2D eigenvalue weighted by Gasteiger charge is 2.11. The van der Waals surface area contributed by atoms with Crippen LogP contribution in [0.25, 0.3) is 10.9 Å². The number of carbonyl (C=O) groups is 2. The number of nitrogens with zero attached hydrogens (tertiary/aromatic N) is 1. The van der Waals surface area contributed by atoms with Gasteiger partial charge >= 0.3 is 5.97 Å². The smallest absolute Gasteiger partial charge is 0.303 e. The van der Waals surface area contributed by atoms with Crippen LogP contribution in [0.2, 0.25) is 0 Å². The second-order valence-electron chi connectivity index (χ2n) is 4.47. The molecule has 0 unspecified atom stereocenters. The highest BCUT2D eigenvalue weighted by molar-refractivity contribution is 6.06. The van der Waals surface area contributed by atoms with Crippen molar-refractivity contribution < 1.29 is 14.7 Å². The minimum absolute atomic E-state index is 0.169. The molecule has 0 aliphatic carbocycles. The third kappa shape index (κ3) is 2.93. The SMILES string of the molecule is NC(=O)c1cn(CCCCC(=O)O)c2ccccc12. The number of hydrogen-bond donors (Lipinski definition) is 2. The highest BCUT2D eigenvalue weighted by atomic mass is 16.4. The van der Waals surface area contributed by atoms with Crippen molar-refractivity contribution >= 4 is 22.8 Å². The molecule has 0 radical (unpaired) electrons. The molecular formula is C14H16N2O3. The summed E-state index contributed by atoms with van der Waals surface area (Å²) in [6.07, 6.45) is 3.28. The van der Waals surface area contributed by atoms with E-state index in [4.69, 9.17) is 10.8 Å². The molecule has 0 bridgehead atoms. The van der Waals surface area contributed by atoms with Crippen LogP contribution in [0.5, 0.6) is 0 Å². The number of aromatic nitrogens is 1. The molecule has 1 heterocycles. The van der Waals surface area contributed by atoms with Crippen molar-refractivity contribution in [2.45, 2.75) is 25.8 Å². The molecule has 0 aliphatic rings. The molecule has 5 nitrogen and oxygen atoms in total. The first-order chi connectivity index (χ1) is 9.09. The number of fused-ring (bicyclic) bond motifs is 1. The number of carbonyl (C=O) groups excluding carboxylic acids is 1. The summed E-state index contributed by atoms with van der Waals surface area (Å²) < 4.78 is 1.96. The largest absolute Gasteiger partial charge is 0.481 e. The van der Waals surface area contributed by atoms with E-state index in [1.165, 1.54) is 0 Å². The molecule has 0 fully saturated rings. The first-order valence-corrected chi connectivity index (χ1v) is 6.19. The fraction of sp³-hybridized carbons (Fsp3) is 0.286. The van der Waals surface area contributed by atoms with Gasteiger partial charge in [-0.25, -0.2) is 0 Å². The lowest BCUT2D eigenvalue weighted by Gasteiger charge is -2.04. The molecule has 0 aliphatic heterocycles. The Balaban J connectivity index is 2.19. The van der Waals surface area contributed by atoms with Gasteiger partial charge in [0.15, 0.2) is 0 Å². The summed E-state index contributed by atoms with van der Waals surface area (Å²) in [6.45, 7) is 0.682. The zero-order valence-electron chi connectivity index (χ0n) is 10.5. The molecule has 1 aromatic heterocycles. The van der Waals surface area contributed by atoms with Crippen LogP contribution >= 0.6 is 0 Å². The minimum Gasteiger partial charge on any atom is -0.481 e. The minimum atomic E-state index is -0.782. The van der Waals surface area contributed by atoms with Gasteiger partial charge in [0, 0.05) is 30.1 Å². The van der Waals surface area contributed by atoms with Gasteiger partial charge in [-0.3, -0.25) is 9.59 Å². The van der Waals surface area contributed by atoms with E-state index in [1.54, 1.807) is 6.20 Å². The van der Waals surface area contributed by atoms with Gasteiger partial charge in [-0.2, -0.15) is 0 Å². The number of amides is 1. The number of benzene rings is 1. The van der Waals surface area contributed by atoms with Gasteiger partial charge in [0.2, 0.25) is 0 Å². The topological polar surface area (TPSA) is 85.3 Å². The van der Waals surface area contributed by atoms with Crippen molar-refractivity contribution in [2.75, 3.05) is 0 Å². The van der Waals surface area contributed by atoms with Crippen molar-refractivity contribution in [3.8, 4) is 0 Å². The van der Waals surface area contributed by atoms with Crippen LogP contribution in [0.4, 0.5) is 0 Å². The molecule has 0 atom stereocenters. The number of carboxylic acids is 1. The van der Waals surface area contributed by atoms with Crippen LogP contribution in [0.15, 0.2) is 30.5 Å². The van der Waals surface area contributed by atoms with E-state index in [9.17, 15) is 9.59 Å². The maximum absolute atomic E-state index is 11.4. The Labute approximate surface area is 110 Å². The molecule has 0 saturated carbocycles. The summed E-state index contributed by atoms with van der Waals surface area (Å²) in [5.41, 5.74) is 6.82. The average Bonchev–Trinajstić information content (AvgIpc) is 2.74. The van der Waals surface area contributed by atoms with Gasteiger partial charge in [0.05, 0.1) is 5.56 Å². The number of para-hydroxylation sites is 1. The molecular weight excluding hydrogens is 244 g/mol. The molecule has 2 aromatic rings. The summed E-state index contributed by atoms with van der Waals surface area (Å²) in [6, 6.07) is 7.56. The Hall–Kier alpha value is -2.30. The Kier molecular flexibility index (Phi) is 3.85. The van der Waals surface area contributed by atoms with E-state index in [1.807, 2.05) is 28.8 Å². The second-order valence-corrected chi connectivity index (χ2v) is 4.47. The number of aliphatic carboxylic acids is 1. The molecule has 1 aromatic carbocycles. The Bertz CT molecular complexity index is 616. The van der Waals surface area contributed by atoms with Crippen LogP contribution in [0.1, 0.15) is 29.6 Å². The average molecular weight is 260 g/mol. The van der Waals surface area contributed by atoms with Gasteiger partial charge in [0.1, 0.15) is 0 Å². The van der Waals surface area contributed by atoms with Crippen LogP contribution in [0.3, 0.4) is 0 Å². The van der Waals surface area contributed by atoms with E-state index in [0.29, 0.717) is 18.5 Å². The third-order valence-corrected chi connectivity index (χ3v) is 3.09. The van der Waals surface area contributed by atoms with E-state index in [0.717, 1.165) is 17.3 Å². The Morgan fingerprint density at radius 2 is 1.95 bits per heavy atom. The molecule has 100 valence electrons. The van der Waals surface area contributed by atoms with Gasteiger partial charge in [-0.15, -0.1) is 0 Å². The zero-order valence-corrected chi connectivity index (χ0v) is 10.5. The molecule has 0 spiro atoms. The fourth-order valence-corrected chi connectivity index (χ4v) is 2.19. The van der Waals surface area contributed by atoms with Crippen molar-refractivity contribution in [1.82, 2.24) is 4.57 Å². The second kappa shape index (κ2) is 5.56. The molecule has 0 saturated heterocycles. The number of nitrogens with two attached hydrogens (primary N) is 1. The molecule has 1 amide bonds. The predicted molar refractivity (Wildman–Crippen MR) is 71.9 cm³/mol. The summed E-state index contributed by atoms with van der Waals surface area (Å²) in [5, 5.41) is 9.43. The summed E-state index contributed by atoms with van der Waals surface area (Å²) in [5.74, 6) is -1.23. The summed E-state index contributed by atoms with van der Waals surface area (Å²) in [4.78, 5) is 21.8. The quantitative estimate of drug-likeness (QED) is 0.779. The predicted octanol–water partition coefficient (Wildman–Crippen LogP) is 2.00. The maximum atomic E-state index is 11.4. The first kappa shape index (κ1) is 13.1. The monoisotopic (exact) mass is 260 g/mol.